The molecular weight excluding hydrogens is 214 g/mol. The number of rotatable bonds is 2. The van der Waals surface area contributed by atoms with Crippen LogP contribution in [0.4, 0.5) is 0 Å². The fraction of sp³-hybridized carbons (Fsp3) is 0.364. The van der Waals surface area contributed by atoms with Crippen molar-refractivity contribution in [2.75, 3.05) is 13.7 Å². The zero-order valence-corrected chi connectivity index (χ0v) is 9.34. The van der Waals surface area contributed by atoms with Gasteiger partial charge in [0, 0.05) is 12.5 Å². The number of hydrogen-bond donors (Lipinski definition) is 1. The summed E-state index contributed by atoms with van der Waals surface area (Å²) in [5.74, 6) is 1.11. The van der Waals surface area contributed by atoms with E-state index in [1.807, 2.05) is 24.3 Å². The molecule has 1 aromatic rings. The van der Waals surface area contributed by atoms with E-state index >= 15 is 0 Å². The van der Waals surface area contributed by atoms with Gasteiger partial charge in [0.05, 0.1) is 13.7 Å². The third-order valence-corrected chi connectivity index (χ3v) is 2.47. The predicted molar refractivity (Wildman–Crippen MR) is 60.6 cm³/mol. The molecule has 0 aliphatic carbocycles. The third-order valence-electron chi connectivity index (χ3n) is 2.47. The molecule has 0 amide bonds. The first kappa shape index (κ1) is 12.0. The normalized spacial score (nSPS) is 19.8. The van der Waals surface area contributed by atoms with E-state index in [2.05, 4.69) is 5.32 Å². The Labute approximate surface area is 95.2 Å². The number of ketones is 1. The van der Waals surface area contributed by atoms with Crippen LogP contribution in [0.2, 0.25) is 0 Å². The second kappa shape index (κ2) is 5.14. The summed E-state index contributed by atoms with van der Waals surface area (Å²) in [4.78, 5) is 11.1. The van der Waals surface area contributed by atoms with Crippen LogP contribution in [0.1, 0.15) is 18.0 Å². The summed E-state index contributed by atoms with van der Waals surface area (Å²) in [6, 6.07) is 7.99. The van der Waals surface area contributed by atoms with Gasteiger partial charge in [-0.3, -0.25) is 4.79 Å². The molecule has 1 fully saturated rings. The minimum absolute atomic E-state index is 0. The Hall–Kier alpha value is -1.06. The highest BCUT2D eigenvalue weighted by atomic mass is 35.5. The van der Waals surface area contributed by atoms with Crippen molar-refractivity contribution >= 4 is 18.2 Å². The minimum Gasteiger partial charge on any atom is -0.497 e. The van der Waals surface area contributed by atoms with E-state index < -0.39 is 0 Å². The van der Waals surface area contributed by atoms with Crippen molar-refractivity contribution in [1.29, 1.82) is 0 Å². The monoisotopic (exact) mass is 227 g/mol. The van der Waals surface area contributed by atoms with Crippen LogP contribution in [-0.4, -0.2) is 19.4 Å². The van der Waals surface area contributed by atoms with Gasteiger partial charge in [-0.05, 0) is 17.7 Å². The van der Waals surface area contributed by atoms with Gasteiger partial charge in [-0.2, -0.15) is 0 Å². The Morgan fingerprint density at radius 1 is 1.47 bits per heavy atom. The van der Waals surface area contributed by atoms with Gasteiger partial charge >= 0.3 is 0 Å². The highest BCUT2D eigenvalue weighted by Crippen LogP contribution is 2.24. The Kier molecular flexibility index (Phi) is 4.12. The molecule has 0 bridgehead atoms. The first-order valence-electron chi connectivity index (χ1n) is 4.68. The van der Waals surface area contributed by atoms with Gasteiger partial charge in [-0.1, -0.05) is 12.1 Å². The molecule has 0 saturated carbocycles. The molecule has 1 N–H and O–H groups in total. The Morgan fingerprint density at radius 2 is 2.27 bits per heavy atom. The lowest BCUT2D eigenvalue weighted by atomic mass is 10.1. The first-order chi connectivity index (χ1) is 6.79. The number of carbonyl (C=O) groups excluding carboxylic acids is 1. The lowest BCUT2D eigenvalue weighted by molar-refractivity contribution is -0.116. The highest BCUT2D eigenvalue weighted by molar-refractivity contribution is 5.85. The van der Waals surface area contributed by atoms with Gasteiger partial charge < -0.3 is 10.1 Å². The molecule has 82 valence electrons. The van der Waals surface area contributed by atoms with Crippen LogP contribution in [0.25, 0.3) is 0 Å². The summed E-state index contributed by atoms with van der Waals surface area (Å²) in [5, 5.41) is 3.17. The van der Waals surface area contributed by atoms with Crippen LogP contribution >= 0.6 is 12.4 Å². The van der Waals surface area contributed by atoms with Crippen molar-refractivity contribution in [3.8, 4) is 5.75 Å². The van der Waals surface area contributed by atoms with Gasteiger partial charge in [0.15, 0.2) is 0 Å². The highest BCUT2D eigenvalue weighted by Gasteiger charge is 2.22. The summed E-state index contributed by atoms with van der Waals surface area (Å²) in [7, 11) is 1.65. The average Bonchev–Trinajstić information content (AvgIpc) is 2.65. The largest absolute Gasteiger partial charge is 0.497 e. The van der Waals surface area contributed by atoms with E-state index in [1.54, 1.807) is 7.11 Å². The lowest BCUT2D eigenvalue weighted by Crippen LogP contribution is -2.13. The van der Waals surface area contributed by atoms with Crippen LogP contribution in [0, 0.1) is 0 Å². The van der Waals surface area contributed by atoms with Crippen molar-refractivity contribution in [2.24, 2.45) is 0 Å². The van der Waals surface area contributed by atoms with Crippen molar-refractivity contribution < 1.29 is 9.53 Å². The Bertz CT molecular complexity index is 354. The summed E-state index contributed by atoms with van der Waals surface area (Å²) >= 11 is 0. The van der Waals surface area contributed by atoms with Gasteiger partial charge in [-0.15, -0.1) is 12.4 Å². The molecule has 1 atom stereocenters. The third kappa shape index (κ3) is 2.70. The van der Waals surface area contributed by atoms with E-state index in [0.717, 1.165) is 11.3 Å². The summed E-state index contributed by atoms with van der Waals surface area (Å²) in [5.41, 5.74) is 1.12. The SMILES string of the molecule is COc1cccc(C2CC(=O)CN2)c1.Cl. The fourth-order valence-corrected chi connectivity index (χ4v) is 1.70. The Morgan fingerprint density at radius 3 is 2.87 bits per heavy atom. The molecule has 1 aliphatic rings. The quantitative estimate of drug-likeness (QED) is 0.836. The van der Waals surface area contributed by atoms with Gasteiger partial charge in [0.1, 0.15) is 11.5 Å². The molecule has 4 heteroatoms. The van der Waals surface area contributed by atoms with Gasteiger partial charge in [0.25, 0.3) is 0 Å². The molecule has 0 spiro atoms. The number of nitrogens with one attached hydrogen (secondary N) is 1. The van der Waals surface area contributed by atoms with Crippen molar-refractivity contribution in [1.82, 2.24) is 5.32 Å². The maximum atomic E-state index is 11.1. The number of Topliss-reactive ketones (excluding diaryl/α,β-unsaturated/α-hetero) is 1. The Balaban J connectivity index is 0.00000112. The number of methoxy groups -OCH3 is 1. The molecule has 1 heterocycles. The van der Waals surface area contributed by atoms with E-state index in [9.17, 15) is 4.79 Å². The number of hydrogen-bond acceptors (Lipinski definition) is 3. The molecule has 2 rings (SSSR count). The molecule has 1 unspecified atom stereocenters. The number of halogens is 1. The topological polar surface area (TPSA) is 38.3 Å². The van der Waals surface area contributed by atoms with Crippen molar-refractivity contribution in [3.63, 3.8) is 0 Å². The predicted octanol–water partition coefficient (Wildman–Crippen LogP) is 1.72. The van der Waals surface area contributed by atoms with Crippen LogP contribution in [-0.2, 0) is 4.79 Å². The molecule has 1 saturated heterocycles. The zero-order valence-electron chi connectivity index (χ0n) is 8.53. The van der Waals surface area contributed by atoms with Crippen molar-refractivity contribution in [3.05, 3.63) is 29.8 Å². The first-order valence-corrected chi connectivity index (χ1v) is 4.68. The molecular formula is C11H14ClNO2. The van der Waals surface area contributed by atoms with Crippen molar-refractivity contribution in [2.45, 2.75) is 12.5 Å². The maximum absolute atomic E-state index is 11.1. The van der Waals surface area contributed by atoms with Gasteiger partial charge in [-0.25, -0.2) is 0 Å². The van der Waals surface area contributed by atoms with Crippen LogP contribution < -0.4 is 10.1 Å². The number of benzene rings is 1. The number of carbonyl (C=O) groups is 1. The number of ether oxygens (including phenoxy) is 1. The fourth-order valence-electron chi connectivity index (χ4n) is 1.70. The molecule has 1 aliphatic heterocycles. The lowest BCUT2D eigenvalue weighted by Gasteiger charge is -2.10. The average molecular weight is 228 g/mol. The summed E-state index contributed by atoms with van der Waals surface area (Å²) < 4.78 is 5.13. The molecule has 1 aromatic carbocycles. The second-order valence-corrected chi connectivity index (χ2v) is 3.45. The van der Waals surface area contributed by atoms with Gasteiger partial charge in [0.2, 0.25) is 0 Å². The van der Waals surface area contributed by atoms with E-state index in [4.69, 9.17) is 4.74 Å². The second-order valence-electron chi connectivity index (χ2n) is 3.45. The maximum Gasteiger partial charge on any atom is 0.148 e. The smallest absolute Gasteiger partial charge is 0.148 e. The van der Waals surface area contributed by atoms with E-state index in [0.29, 0.717) is 13.0 Å². The van der Waals surface area contributed by atoms with Crippen LogP contribution in [0.15, 0.2) is 24.3 Å². The molecule has 3 nitrogen and oxygen atoms in total. The minimum atomic E-state index is 0. The summed E-state index contributed by atoms with van der Waals surface area (Å²) in [6.45, 7) is 0.488. The van der Waals surface area contributed by atoms with Crippen LogP contribution in [0.5, 0.6) is 5.75 Å². The molecule has 15 heavy (non-hydrogen) atoms. The summed E-state index contributed by atoms with van der Waals surface area (Å²) in [6.07, 6.45) is 0.590. The molecule has 0 radical (unpaired) electrons. The van der Waals surface area contributed by atoms with Crippen LogP contribution in [0.3, 0.4) is 0 Å². The van der Waals surface area contributed by atoms with E-state index in [-0.39, 0.29) is 24.2 Å². The van der Waals surface area contributed by atoms with E-state index in [1.165, 1.54) is 0 Å². The molecule has 0 aromatic heterocycles. The zero-order chi connectivity index (χ0) is 9.97. The standard InChI is InChI=1S/C11H13NO2.ClH/c1-14-10-4-2-3-8(5-10)11-6-9(13)7-12-11;/h2-5,11-12H,6-7H2,1H3;1H.